The molecule has 2 saturated heterocycles. The maximum Gasteiger partial charge on any atom is 0.228 e. The standard InChI is InChI=1S/C11H16O6/c1-7(13)8(2)5-11(14)10(4,15-8)16-9(3,6-12)17-11/h6,14H,5H2,1-4H3/t8-,9-,10?,11?/m1/s1. The summed E-state index contributed by atoms with van der Waals surface area (Å²) in [5, 5.41) is 10.4. The number of rotatable bonds is 2. The number of carbonyl (C=O) groups excluding carboxylic acids is 2. The average Bonchev–Trinajstić information content (AvgIpc) is 2.44. The highest BCUT2D eigenvalue weighted by molar-refractivity contribution is 5.85. The number of Topliss-reactive ketones (excluding diaryl/α,β-unsaturated/α-hetero) is 1. The monoisotopic (exact) mass is 244 g/mol. The van der Waals surface area contributed by atoms with E-state index in [0.717, 1.165) is 0 Å². The first-order valence-electron chi connectivity index (χ1n) is 5.38. The molecule has 0 aromatic rings. The molecule has 0 spiro atoms. The lowest BCUT2D eigenvalue weighted by atomic mass is 9.94. The Balaban J connectivity index is 2.36. The van der Waals surface area contributed by atoms with Crippen molar-refractivity contribution in [1.29, 1.82) is 0 Å². The van der Waals surface area contributed by atoms with Gasteiger partial charge in [-0.15, -0.1) is 0 Å². The van der Waals surface area contributed by atoms with Crippen molar-refractivity contribution in [2.24, 2.45) is 0 Å². The van der Waals surface area contributed by atoms with E-state index in [2.05, 4.69) is 0 Å². The molecule has 1 N–H and O–H groups in total. The molecule has 0 aromatic carbocycles. The summed E-state index contributed by atoms with van der Waals surface area (Å²) in [6.45, 7) is 5.76. The van der Waals surface area contributed by atoms with Crippen molar-refractivity contribution in [3.8, 4) is 0 Å². The smallest absolute Gasteiger partial charge is 0.228 e. The maximum absolute atomic E-state index is 11.5. The van der Waals surface area contributed by atoms with Gasteiger partial charge in [0.1, 0.15) is 5.60 Å². The highest BCUT2D eigenvalue weighted by Gasteiger charge is 2.72. The molecule has 2 aliphatic heterocycles. The largest absolute Gasteiger partial charge is 0.361 e. The molecule has 0 amide bonds. The van der Waals surface area contributed by atoms with E-state index < -0.39 is 23.0 Å². The number of hydrogen-bond acceptors (Lipinski definition) is 6. The summed E-state index contributed by atoms with van der Waals surface area (Å²) in [5.41, 5.74) is -1.17. The fourth-order valence-electron chi connectivity index (χ4n) is 2.38. The van der Waals surface area contributed by atoms with Crippen LogP contribution in [-0.2, 0) is 23.8 Å². The highest BCUT2D eigenvalue weighted by Crippen LogP contribution is 2.54. The Morgan fingerprint density at radius 3 is 2.24 bits per heavy atom. The predicted octanol–water partition coefficient (Wildman–Crippen LogP) is 0.121. The van der Waals surface area contributed by atoms with Gasteiger partial charge in [-0.05, 0) is 27.7 Å². The molecule has 0 radical (unpaired) electrons. The third-order valence-electron chi connectivity index (χ3n) is 3.43. The minimum Gasteiger partial charge on any atom is -0.361 e. The second kappa shape index (κ2) is 3.14. The molecule has 96 valence electrons. The van der Waals surface area contributed by atoms with Crippen LogP contribution < -0.4 is 0 Å². The van der Waals surface area contributed by atoms with Crippen molar-refractivity contribution in [2.75, 3.05) is 0 Å². The zero-order chi connectivity index (χ0) is 13.1. The van der Waals surface area contributed by atoms with Crippen LogP contribution in [0.15, 0.2) is 0 Å². The SMILES string of the molecule is CC(=O)[C@@]1(C)CC2(O)O[C@](C)(C=O)OC2(C)O1. The fourth-order valence-corrected chi connectivity index (χ4v) is 2.38. The molecular weight excluding hydrogens is 228 g/mol. The first-order chi connectivity index (χ1) is 7.58. The summed E-state index contributed by atoms with van der Waals surface area (Å²) in [7, 11) is 0. The zero-order valence-corrected chi connectivity index (χ0v) is 10.3. The van der Waals surface area contributed by atoms with Crippen molar-refractivity contribution < 1.29 is 28.9 Å². The first-order valence-corrected chi connectivity index (χ1v) is 5.38. The molecule has 2 aliphatic rings. The van der Waals surface area contributed by atoms with E-state index in [4.69, 9.17) is 14.2 Å². The summed E-state index contributed by atoms with van der Waals surface area (Å²) in [5.74, 6) is -5.12. The van der Waals surface area contributed by atoms with Crippen LogP contribution in [0, 0.1) is 0 Å². The van der Waals surface area contributed by atoms with Gasteiger partial charge in [0.25, 0.3) is 0 Å². The van der Waals surface area contributed by atoms with Gasteiger partial charge in [0.15, 0.2) is 12.1 Å². The third-order valence-corrected chi connectivity index (χ3v) is 3.43. The number of aldehydes is 1. The van der Waals surface area contributed by atoms with E-state index >= 15 is 0 Å². The van der Waals surface area contributed by atoms with E-state index in [0.29, 0.717) is 6.29 Å². The molecule has 4 atom stereocenters. The van der Waals surface area contributed by atoms with Crippen molar-refractivity contribution in [1.82, 2.24) is 0 Å². The minimum absolute atomic E-state index is 0.0741. The van der Waals surface area contributed by atoms with Gasteiger partial charge in [0, 0.05) is 6.42 Å². The fraction of sp³-hybridized carbons (Fsp3) is 0.818. The molecule has 0 aromatic heterocycles. The Morgan fingerprint density at radius 1 is 1.24 bits per heavy atom. The Morgan fingerprint density at radius 2 is 1.82 bits per heavy atom. The van der Waals surface area contributed by atoms with Crippen molar-refractivity contribution in [3.63, 3.8) is 0 Å². The van der Waals surface area contributed by atoms with Crippen LogP contribution >= 0.6 is 0 Å². The Kier molecular flexibility index (Phi) is 2.33. The molecule has 6 nitrogen and oxygen atoms in total. The van der Waals surface area contributed by atoms with Crippen LogP contribution in [-0.4, -0.2) is 40.1 Å². The maximum atomic E-state index is 11.5. The number of aliphatic hydroxyl groups is 1. The Bertz CT molecular complexity index is 371. The van der Waals surface area contributed by atoms with E-state index in [1.807, 2.05) is 0 Å². The van der Waals surface area contributed by atoms with Crippen LogP contribution in [0.5, 0.6) is 0 Å². The van der Waals surface area contributed by atoms with Crippen LogP contribution in [0.4, 0.5) is 0 Å². The van der Waals surface area contributed by atoms with Crippen LogP contribution in [0.25, 0.3) is 0 Å². The van der Waals surface area contributed by atoms with Gasteiger partial charge in [0.2, 0.25) is 17.4 Å². The van der Waals surface area contributed by atoms with Gasteiger partial charge in [-0.25, -0.2) is 0 Å². The number of hydrogen-bond donors (Lipinski definition) is 1. The van der Waals surface area contributed by atoms with Gasteiger partial charge in [-0.1, -0.05) is 0 Å². The van der Waals surface area contributed by atoms with Gasteiger partial charge in [0.05, 0.1) is 0 Å². The van der Waals surface area contributed by atoms with E-state index in [9.17, 15) is 14.7 Å². The lowest BCUT2D eigenvalue weighted by Crippen LogP contribution is -2.45. The number of ether oxygens (including phenoxy) is 3. The molecule has 2 heterocycles. The summed E-state index contributed by atoms with van der Waals surface area (Å²) in [6.07, 6.45) is 0.373. The van der Waals surface area contributed by atoms with E-state index in [1.165, 1.54) is 20.8 Å². The highest BCUT2D eigenvalue weighted by atomic mass is 16.9. The molecular formula is C11H16O6. The molecule has 0 aliphatic carbocycles. The molecule has 2 unspecified atom stereocenters. The average molecular weight is 244 g/mol. The third kappa shape index (κ3) is 1.55. The number of fused-ring (bicyclic) bond motifs is 1. The lowest BCUT2D eigenvalue weighted by Gasteiger charge is -2.28. The van der Waals surface area contributed by atoms with Crippen molar-refractivity contribution >= 4 is 12.1 Å². The summed E-state index contributed by atoms with van der Waals surface area (Å²) in [4.78, 5) is 22.4. The second-order valence-electron chi connectivity index (χ2n) is 5.13. The quantitative estimate of drug-likeness (QED) is 0.695. The summed E-state index contributed by atoms with van der Waals surface area (Å²) < 4.78 is 16.1. The molecule has 2 fully saturated rings. The zero-order valence-electron chi connectivity index (χ0n) is 10.3. The normalized spacial score (nSPS) is 53.5. The number of carbonyl (C=O) groups is 2. The minimum atomic E-state index is -1.80. The molecule has 6 heteroatoms. The van der Waals surface area contributed by atoms with Crippen molar-refractivity contribution in [2.45, 2.75) is 57.1 Å². The van der Waals surface area contributed by atoms with Gasteiger partial charge < -0.3 is 19.3 Å². The van der Waals surface area contributed by atoms with Crippen LogP contribution in [0.3, 0.4) is 0 Å². The second-order valence-corrected chi connectivity index (χ2v) is 5.13. The Hall–Kier alpha value is -0.820. The van der Waals surface area contributed by atoms with E-state index in [-0.39, 0.29) is 12.2 Å². The molecule has 17 heavy (non-hydrogen) atoms. The van der Waals surface area contributed by atoms with E-state index in [1.54, 1.807) is 6.92 Å². The summed E-state index contributed by atoms with van der Waals surface area (Å²) >= 11 is 0. The molecule has 0 saturated carbocycles. The van der Waals surface area contributed by atoms with Gasteiger partial charge in [-0.2, -0.15) is 0 Å². The summed E-state index contributed by atoms with van der Waals surface area (Å²) in [6, 6.07) is 0. The van der Waals surface area contributed by atoms with Gasteiger partial charge in [-0.3, -0.25) is 9.59 Å². The molecule has 2 rings (SSSR count). The topological polar surface area (TPSA) is 82.1 Å². The Labute approximate surface area is 98.8 Å². The number of ketones is 1. The van der Waals surface area contributed by atoms with Crippen LogP contribution in [0.2, 0.25) is 0 Å². The van der Waals surface area contributed by atoms with Crippen molar-refractivity contribution in [3.05, 3.63) is 0 Å². The molecule has 0 bridgehead atoms. The van der Waals surface area contributed by atoms with Gasteiger partial charge >= 0.3 is 0 Å². The predicted molar refractivity (Wildman–Crippen MR) is 54.8 cm³/mol. The van der Waals surface area contributed by atoms with Crippen LogP contribution in [0.1, 0.15) is 34.1 Å². The first kappa shape index (κ1) is 12.6. The lowest BCUT2D eigenvalue weighted by molar-refractivity contribution is -0.270.